The van der Waals surface area contributed by atoms with Crippen LogP contribution >= 0.6 is 11.8 Å². The average molecular weight is 280 g/mol. The van der Waals surface area contributed by atoms with Gasteiger partial charge in [0.15, 0.2) is 0 Å². The van der Waals surface area contributed by atoms with Gasteiger partial charge in [-0.05, 0) is 30.6 Å². The van der Waals surface area contributed by atoms with Crippen molar-refractivity contribution in [2.24, 2.45) is 0 Å². The summed E-state index contributed by atoms with van der Waals surface area (Å²) >= 11 is 2.04. The Kier molecular flexibility index (Phi) is 5.22. The zero-order valence-electron chi connectivity index (χ0n) is 11.2. The Balaban J connectivity index is 1.83. The third-order valence-corrected chi connectivity index (χ3v) is 4.74. The zero-order chi connectivity index (χ0) is 13.7. The first-order valence-electron chi connectivity index (χ1n) is 6.77. The largest absolute Gasteiger partial charge is 0.310 e. The van der Waals surface area contributed by atoms with Gasteiger partial charge in [0.05, 0.1) is 4.92 Å². The van der Waals surface area contributed by atoms with E-state index < -0.39 is 0 Å². The molecule has 1 aliphatic carbocycles. The van der Waals surface area contributed by atoms with Crippen molar-refractivity contribution in [2.75, 3.05) is 5.75 Å². The summed E-state index contributed by atoms with van der Waals surface area (Å²) in [5.74, 6) is 1.18. The number of nitrogens with one attached hydrogen (secondary N) is 1. The molecular weight excluding hydrogens is 260 g/mol. The van der Waals surface area contributed by atoms with E-state index in [0.717, 1.165) is 17.4 Å². The molecule has 0 aliphatic heterocycles. The summed E-state index contributed by atoms with van der Waals surface area (Å²) in [5, 5.41) is 15.0. The molecule has 5 heteroatoms. The van der Waals surface area contributed by atoms with Crippen molar-refractivity contribution < 1.29 is 4.92 Å². The molecule has 0 radical (unpaired) electrons. The molecule has 0 spiro atoms. The Labute approximate surface area is 118 Å². The van der Waals surface area contributed by atoms with Gasteiger partial charge in [-0.1, -0.05) is 19.1 Å². The van der Waals surface area contributed by atoms with E-state index in [-0.39, 0.29) is 10.6 Å². The number of hydrogen-bond acceptors (Lipinski definition) is 4. The molecule has 2 unspecified atom stereocenters. The summed E-state index contributed by atoms with van der Waals surface area (Å²) in [5.41, 5.74) is 1.16. The van der Waals surface area contributed by atoms with Gasteiger partial charge in [0.2, 0.25) is 0 Å². The minimum absolute atomic E-state index is 0.171. The van der Waals surface area contributed by atoms with Crippen LogP contribution in [0.25, 0.3) is 0 Å². The fourth-order valence-electron chi connectivity index (χ4n) is 2.55. The monoisotopic (exact) mass is 280 g/mol. The van der Waals surface area contributed by atoms with E-state index in [1.807, 2.05) is 17.8 Å². The molecule has 1 aromatic rings. The second kappa shape index (κ2) is 6.91. The SMILES string of the molecule is CCSC1CCC(NCc2cccc([N+](=O)[O-])c2)C1. The maximum atomic E-state index is 10.7. The lowest BCUT2D eigenvalue weighted by atomic mass is 10.2. The van der Waals surface area contributed by atoms with Crippen molar-refractivity contribution in [1.82, 2.24) is 5.32 Å². The molecule has 0 heterocycles. The van der Waals surface area contributed by atoms with Gasteiger partial charge in [-0.15, -0.1) is 0 Å². The molecule has 1 aliphatic rings. The summed E-state index contributed by atoms with van der Waals surface area (Å²) in [6.45, 7) is 2.92. The molecule has 19 heavy (non-hydrogen) atoms. The van der Waals surface area contributed by atoms with E-state index in [9.17, 15) is 10.1 Å². The number of nitro benzene ring substituents is 1. The molecule has 4 nitrogen and oxygen atoms in total. The molecule has 1 N–H and O–H groups in total. The van der Waals surface area contributed by atoms with Gasteiger partial charge in [0.25, 0.3) is 5.69 Å². The molecule has 1 fully saturated rings. The van der Waals surface area contributed by atoms with Crippen molar-refractivity contribution in [3.63, 3.8) is 0 Å². The summed E-state index contributed by atoms with van der Waals surface area (Å²) in [7, 11) is 0. The lowest BCUT2D eigenvalue weighted by molar-refractivity contribution is -0.384. The first-order valence-corrected chi connectivity index (χ1v) is 7.82. The fourth-order valence-corrected chi connectivity index (χ4v) is 3.70. The molecule has 0 saturated heterocycles. The minimum atomic E-state index is -0.340. The van der Waals surface area contributed by atoms with E-state index in [2.05, 4.69) is 12.2 Å². The van der Waals surface area contributed by atoms with E-state index in [4.69, 9.17) is 0 Å². The molecule has 0 amide bonds. The van der Waals surface area contributed by atoms with Crippen LogP contribution in [0.4, 0.5) is 5.69 Å². The molecule has 2 rings (SSSR count). The van der Waals surface area contributed by atoms with Crippen LogP contribution in [0.1, 0.15) is 31.7 Å². The number of rotatable bonds is 6. The van der Waals surface area contributed by atoms with Crippen LogP contribution < -0.4 is 5.32 Å². The topological polar surface area (TPSA) is 55.2 Å². The second-order valence-corrected chi connectivity index (χ2v) is 6.47. The highest BCUT2D eigenvalue weighted by atomic mass is 32.2. The van der Waals surface area contributed by atoms with Gasteiger partial charge in [-0.25, -0.2) is 0 Å². The van der Waals surface area contributed by atoms with Crippen LogP contribution in [0.2, 0.25) is 0 Å². The van der Waals surface area contributed by atoms with Crippen LogP contribution in [0.15, 0.2) is 24.3 Å². The fraction of sp³-hybridized carbons (Fsp3) is 0.571. The van der Waals surface area contributed by atoms with Gasteiger partial charge in [0, 0.05) is 30.0 Å². The van der Waals surface area contributed by atoms with Crippen LogP contribution in [0.5, 0.6) is 0 Å². The summed E-state index contributed by atoms with van der Waals surface area (Å²) < 4.78 is 0. The Morgan fingerprint density at radius 2 is 2.32 bits per heavy atom. The summed E-state index contributed by atoms with van der Waals surface area (Å²) in [6.07, 6.45) is 3.71. The molecule has 0 aromatic heterocycles. The number of nitro groups is 1. The summed E-state index contributed by atoms with van der Waals surface area (Å²) in [6, 6.07) is 7.43. The number of nitrogens with zero attached hydrogens (tertiary/aromatic N) is 1. The van der Waals surface area contributed by atoms with Gasteiger partial charge in [-0.3, -0.25) is 10.1 Å². The van der Waals surface area contributed by atoms with E-state index in [1.165, 1.54) is 31.1 Å². The average Bonchev–Trinajstić information content (AvgIpc) is 2.85. The van der Waals surface area contributed by atoms with Crippen molar-refractivity contribution in [1.29, 1.82) is 0 Å². The molecule has 1 aromatic carbocycles. The number of hydrogen-bond donors (Lipinski definition) is 1. The second-order valence-electron chi connectivity index (χ2n) is 4.90. The summed E-state index contributed by atoms with van der Waals surface area (Å²) in [4.78, 5) is 10.4. The van der Waals surface area contributed by atoms with Crippen LogP contribution in [0, 0.1) is 10.1 Å². The molecule has 2 atom stereocenters. The Bertz CT molecular complexity index is 439. The maximum absolute atomic E-state index is 10.7. The van der Waals surface area contributed by atoms with E-state index >= 15 is 0 Å². The standard InChI is InChI=1S/C14H20N2O2S/c1-2-19-14-7-6-12(9-14)15-10-11-4-3-5-13(8-11)16(17)18/h3-5,8,12,14-15H,2,6-7,9-10H2,1H3. The van der Waals surface area contributed by atoms with Crippen molar-refractivity contribution in [3.05, 3.63) is 39.9 Å². The predicted octanol–water partition coefficient (Wildman–Crippen LogP) is 3.36. The van der Waals surface area contributed by atoms with Crippen LogP contribution in [0.3, 0.4) is 0 Å². The number of non-ortho nitro benzene ring substituents is 1. The molecule has 104 valence electrons. The van der Waals surface area contributed by atoms with Gasteiger partial charge < -0.3 is 5.32 Å². The van der Waals surface area contributed by atoms with Gasteiger partial charge in [0.1, 0.15) is 0 Å². The maximum Gasteiger partial charge on any atom is 0.269 e. The van der Waals surface area contributed by atoms with Gasteiger partial charge in [-0.2, -0.15) is 11.8 Å². The quantitative estimate of drug-likeness (QED) is 0.641. The third kappa shape index (κ3) is 4.21. The lowest BCUT2D eigenvalue weighted by Gasteiger charge is -2.13. The Hall–Kier alpha value is -1.07. The first kappa shape index (κ1) is 14.3. The van der Waals surface area contributed by atoms with Crippen molar-refractivity contribution >= 4 is 17.4 Å². The van der Waals surface area contributed by atoms with Crippen LogP contribution in [-0.2, 0) is 6.54 Å². The van der Waals surface area contributed by atoms with Crippen molar-refractivity contribution in [3.8, 4) is 0 Å². The molecule has 0 bridgehead atoms. The number of thioether (sulfide) groups is 1. The number of benzene rings is 1. The Morgan fingerprint density at radius 3 is 3.05 bits per heavy atom. The smallest absolute Gasteiger partial charge is 0.269 e. The first-order chi connectivity index (χ1) is 9.19. The highest BCUT2D eigenvalue weighted by Crippen LogP contribution is 2.29. The highest BCUT2D eigenvalue weighted by molar-refractivity contribution is 7.99. The predicted molar refractivity (Wildman–Crippen MR) is 79.5 cm³/mol. The molecule has 1 saturated carbocycles. The third-order valence-electron chi connectivity index (χ3n) is 3.50. The molecular formula is C14H20N2O2S. The van der Waals surface area contributed by atoms with E-state index in [0.29, 0.717) is 6.04 Å². The zero-order valence-corrected chi connectivity index (χ0v) is 12.0. The normalized spacial score (nSPS) is 22.6. The van der Waals surface area contributed by atoms with Crippen molar-refractivity contribution in [2.45, 2.75) is 44.0 Å². The van der Waals surface area contributed by atoms with E-state index in [1.54, 1.807) is 12.1 Å². The highest BCUT2D eigenvalue weighted by Gasteiger charge is 2.23. The van der Waals surface area contributed by atoms with Crippen LogP contribution in [-0.4, -0.2) is 22.0 Å². The minimum Gasteiger partial charge on any atom is -0.310 e. The Morgan fingerprint density at radius 1 is 1.47 bits per heavy atom. The lowest BCUT2D eigenvalue weighted by Crippen LogP contribution is -2.26. The van der Waals surface area contributed by atoms with Gasteiger partial charge >= 0.3 is 0 Å².